The molecule has 0 unspecified atom stereocenters. The van der Waals surface area contributed by atoms with Gasteiger partial charge in [-0.15, -0.1) is 11.3 Å². The van der Waals surface area contributed by atoms with Crippen LogP contribution in [-0.2, 0) is 14.8 Å². The van der Waals surface area contributed by atoms with Crippen molar-refractivity contribution in [3.8, 4) is 0 Å². The molecule has 2 heterocycles. The lowest BCUT2D eigenvalue weighted by atomic mass is 10.4. The first-order chi connectivity index (χ1) is 9.04. The number of rotatable bonds is 4. The molecule has 0 aliphatic heterocycles. The van der Waals surface area contributed by atoms with Gasteiger partial charge >= 0.3 is 5.97 Å². The molecule has 0 radical (unpaired) electrons. The minimum atomic E-state index is -3.89. The Morgan fingerprint density at radius 2 is 2.26 bits per heavy atom. The van der Waals surface area contributed by atoms with Crippen LogP contribution in [0.4, 0.5) is 5.69 Å². The van der Waals surface area contributed by atoms with Crippen LogP contribution >= 0.6 is 11.3 Å². The molecule has 0 saturated carbocycles. The third kappa shape index (κ3) is 2.88. The third-order valence-corrected chi connectivity index (χ3v) is 4.82. The molecule has 0 aromatic carbocycles. The van der Waals surface area contributed by atoms with Gasteiger partial charge in [-0.25, -0.2) is 18.2 Å². The summed E-state index contributed by atoms with van der Waals surface area (Å²) in [6.07, 6.45) is 2.88. The van der Waals surface area contributed by atoms with E-state index in [1.165, 1.54) is 17.9 Å². The fourth-order valence-electron chi connectivity index (χ4n) is 1.28. The molecule has 0 aliphatic rings. The molecule has 19 heavy (non-hydrogen) atoms. The molecule has 100 valence electrons. The number of hydrogen-bond acceptors (Lipinski definition) is 7. The van der Waals surface area contributed by atoms with E-state index >= 15 is 0 Å². The second-order valence-corrected chi connectivity index (χ2v) is 6.06. The molecule has 0 atom stereocenters. The highest BCUT2D eigenvalue weighted by Gasteiger charge is 2.26. The molecule has 0 amide bonds. The molecular formula is C10H9N3O4S2. The number of carbonyl (C=O) groups is 1. The average Bonchev–Trinajstić information content (AvgIpc) is 2.88. The van der Waals surface area contributed by atoms with Gasteiger partial charge in [0.2, 0.25) is 0 Å². The monoisotopic (exact) mass is 299 g/mol. The first kappa shape index (κ1) is 13.4. The summed E-state index contributed by atoms with van der Waals surface area (Å²) < 4.78 is 30.9. The molecule has 9 heteroatoms. The number of hydrogen-bond donors (Lipinski definition) is 1. The number of pyridine rings is 1. The zero-order valence-corrected chi connectivity index (χ0v) is 11.4. The molecule has 2 rings (SSSR count). The number of anilines is 1. The summed E-state index contributed by atoms with van der Waals surface area (Å²) in [5.74, 6) is -0.798. The number of sulfonamides is 1. The van der Waals surface area contributed by atoms with E-state index in [0.717, 1.165) is 18.4 Å². The van der Waals surface area contributed by atoms with Crippen LogP contribution in [0.3, 0.4) is 0 Å². The van der Waals surface area contributed by atoms with Gasteiger partial charge in [-0.1, -0.05) is 0 Å². The molecule has 0 spiro atoms. The number of nitrogens with zero attached hydrogens (tertiary/aromatic N) is 2. The fraction of sp³-hybridized carbons (Fsp3) is 0.100. The van der Waals surface area contributed by atoms with Gasteiger partial charge in [-0.2, -0.15) is 0 Å². The topological polar surface area (TPSA) is 98.2 Å². The van der Waals surface area contributed by atoms with Crippen molar-refractivity contribution in [3.05, 3.63) is 35.7 Å². The van der Waals surface area contributed by atoms with Crippen molar-refractivity contribution in [2.75, 3.05) is 11.8 Å². The first-order valence-corrected chi connectivity index (χ1v) is 7.35. The molecule has 2 aromatic rings. The Hall–Kier alpha value is -2.00. The Kier molecular flexibility index (Phi) is 3.76. The number of carbonyl (C=O) groups excluding carboxylic acids is 1. The van der Waals surface area contributed by atoms with E-state index in [2.05, 4.69) is 19.4 Å². The third-order valence-electron chi connectivity index (χ3n) is 2.07. The Bertz CT molecular complexity index is 682. The van der Waals surface area contributed by atoms with Gasteiger partial charge in [0.05, 0.1) is 24.5 Å². The van der Waals surface area contributed by atoms with Crippen molar-refractivity contribution in [3.63, 3.8) is 0 Å². The summed E-state index contributed by atoms with van der Waals surface area (Å²) in [7, 11) is -2.73. The molecule has 2 aromatic heterocycles. The quantitative estimate of drug-likeness (QED) is 0.850. The second-order valence-electron chi connectivity index (χ2n) is 3.33. The number of aromatic nitrogens is 2. The highest BCUT2D eigenvalue weighted by atomic mass is 32.2. The molecule has 1 N–H and O–H groups in total. The lowest BCUT2D eigenvalue weighted by molar-refractivity contribution is 0.0590. The maximum absolute atomic E-state index is 12.1. The summed E-state index contributed by atoms with van der Waals surface area (Å²) in [4.78, 5) is 18.9. The van der Waals surface area contributed by atoms with Gasteiger partial charge in [0.1, 0.15) is 0 Å². The van der Waals surface area contributed by atoms with Gasteiger partial charge < -0.3 is 4.74 Å². The van der Waals surface area contributed by atoms with E-state index in [4.69, 9.17) is 0 Å². The SMILES string of the molecule is COC(=O)c1ncsc1S(=O)(=O)Nc1cccnc1. The van der Waals surface area contributed by atoms with E-state index < -0.39 is 16.0 Å². The summed E-state index contributed by atoms with van der Waals surface area (Å²) in [6.45, 7) is 0. The zero-order chi connectivity index (χ0) is 13.9. The zero-order valence-electron chi connectivity index (χ0n) is 9.73. The number of nitrogens with one attached hydrogen (secondary N) is 1. The van der Waals surface area contributed by atoms with Gasteiger partial charge in [-0.3, -0.25) is 9.71 Å². The van der Waals surface area contributed by atoms with Crippen LogP contribution in [0.1, 0.15) is 10.5 Å². The number of methoxy groups -OCH3 is 1. The smallest absolute Gasteiger partial charge is 0.358 e. The average molecular weight is 299 g/mol. The normalized spacial score (nSPS) is 11.0. The Morgan fingerprint density at radius 3 is 2.89 bits per heavy atom. The predicted molar refractivity (Wildman–Crippen MR) is 68.5 cm³/mol. The fourth-order valence-corrected chi connectivity index (χ4v) is 3.46. The van der Waals surface area contributed by atoms with Crippen molar-refractivity contribution in [1.29, 1.82) is 0 Å². The second kappa shape index (κ2) is 5.33. The highest BCUT2D eigenvalue weighted by Crippen LogP contribution is 2.23. The van der Waals surface area contributed by atoms with E-state index in [0.29, 0.717) is 5.69 Å². The van der Waals surface area contributed by atoms with E-state index in [1.54, 1.807) is 12.1 Å². The van der Waals surface area contributed by atoms with E-state index in [-0.39, 0.29) is 9.90 Å². The van der Waals surface area contributed by atoms with Crippen LogP contribution in [0, 0.1) is 0 Å². The molecule has 0 fully saturated rings. The Labute approximate surface area is 113 Å². The van der Waals surface area contributed by atoms with Crippen molar-refractivity contribution in [2.24, 2.45) is 0 Å². The Balaban J connectivity index is 2.36. The molecule has 0 aliphatic carbocycles. The van der Waals surface area contributed by atoms with Gasteiger partial charge in [0, 0.05) is 6.20 Å². The van der Waals surface area contributed by atoms with Crippen molar-refractivity contribution < 1.29 is 17.9 Å². The summed E-state index contributed by atoms with van der Waals surface area (Å²) in [5, 5.41) is 0. The molecule has 7 nitrogen and oxygen atoms in total. The van der Waals surface area contributed by atoms with Crippen LogP contribution in [0.2, 0.25) is 0 Å². The molecule has 0 bridgehead atoms. The maximum atomic E-state index is 12.1. The van der Waals surface area contributed by atoms with Gasteiger partial charge in [-0.05, 0) is 12.1 Å². The maximum Gasteiger partial charge on any atom is 0.358 e. The van der Waals surface area contributed by atoms with E-state index in [1.807, 2.05) is 0 Å². The lowest BCUT2D eigenvalue weighted by Gasteiger charge is -2.06. The standard InChI is InChI=1S/C10H9N3O4S2/c1-17-9(14)8-10(18-6-12-8)19(15,16)13-7-3-2-4-11-5-7/h2-6,13H,1H3. The Morgan fingerprint density at radius 1 is 1.47 bits per heavy atom. The molecule has 0 saturated heterocycles. The summed E-state index contributed by atoms with van der Waals surface area (Å²) >= 11 is 0.837. The van der Waals surface area contributed by atoms with Gasteiger partial charge in [0.25, 0.3) is 10.0 Å². The van der Waals surface area contributed by atoms with Crippen molar-refractivity contribution >= 4 is 33.0 Å². The number of esters is 1. The minimum Gasteiger partial charge on any atom is -0.464 e. The first-order valence-electron chi connectivity index (χ1n) is 4.99. The van der Waals surface area contributed by atoms with Crippen molar-refractivity contribution in [1.82, 2.24) is 9.97 Å². The minimum absolute atomic E-state index is 0.191. The van der Waals surface area contributed by atoms with Crippen LogP contribution < -0.4 is 4.72 Å². The van der Waals surface area contributed by atoms with Crippen LogP contribution in [0.15, 0.2) is 34.2 Å². The number of ether oxygens (including phenoxy) is 1. The number of thiazole rings is 1. The molecular weight excluding hydrogens is 290 g/mol. The van der Waals surface area contributed by atoms with Crippen LogP contribution in [-0.4, -0.2) is 31.5 Å². The van der Waals surface area contributed by atoms with Crippen LogP contribution in [0.25, 0.3) is 0 Å². The summed E-state index contributed by atoms with van der Waals surface area (Å²) in [5.41, 5.74) is 1.33. The van der Waals surface area contributed by atoms with Crippen molar-refractivity contribution in [2.45, 2.75) is 4.21 Å². The van der Waals surface area contributed by atoms with E-state index in [9.17, 15) is 13.2 Å². The largest absolute Gasteiger partial charge is 0.464 e. The van der Waals surface area contributed by atoms with Gasteiger partial charge in [0.15, 0.2) is 9.90 Å². The van der Waals surface area contributed by atoms with Crippen LogP contribution in [0.5, 0.6) is 0 Å². The predicted octanol–water partition coefficient (Wildman–Crippen LogP) is 1.13. The summed E-state index contributed by atoms with van der Waals surface area (Å²) in [6, 6.07) is 3.13. The lowest BCUT2D eigenvalue weighted by Crippen LogP contribution is -2.16. The highest BCUT2D eigenvalue weighted by molar-refractivity contribution is 7.94.